The van der Waals surface area contributed by atoms with Crippen LogP contribution in [0.3, 0.4) is 0 Å². The summed E-state index contributed by atoms with van der Waals surface area (Å²) in [6.45, 7) is 1.84. The summed E-state index contributed by atoms with van der Waals surface area (Å²) in [6.07, 6.45) is 0.552. The zero-order valence-corrected chi connectivity index (χ0v) is 11.1. The van der Waals surface area contributed by atoms with Crippen molar-refractivity contribution >= 4 is 39.1 Å². The highest BCUT2D eigenvalue weighted by Crippen LogP contribution is 2.20. The Balaban J connectivity index is 2.58. The van der Waals surface area contributed by atoms with Crippen LogP contribution in [0.25, 0.3) is 0 Å². The zero-order valence-electron chi connectivity index (χ0n) is 8.70. The summed E-state index contributed by atoms with van der Waals surface area (Å²) in [6, 6.07) is 1.40. The Morgan fingerprint density at radius 2 is 2.31 bits per heavy atom. The fraction of sp³-hybridized carbons (Fsp3) is 0.400. The Labute approximate surface area is 106 Å². The third-order valence-corrected chi connectivity index (χ3v) is 3.58. The molecule has 1 heterocycles. The smallest absolute Gasteiger partial charge is 0.305 e. The number of carbonyl (C=O) groups excluding carboxylic acids is 1. The molecule has 4 nitrogen and oxygen atoms in total. The molecule has 0 bridgehead atoms. The van der Waals surface area contributed by atoms with Crippen LogP contribution in [-0.4, -0.2) is 23.0 Å². The highest BCUT2D eigenvalue weighted by atomic mass is 79.9. The SMILES string of the molecule is CCC(CC(=O)O)NC(=O)c1csc(Br)c1. The van der Waals surface area contributed by atoms with Crippen molar-refractivity contribution in [1.29, 1.82) is 0 Å². The van der Waals surface area contributed by atoms with E-state index in [9.17, 15) is 9.59 Å². The first kappa shape index (κ1) is 13.2. The largest absolute Gasteiger partial charge is 0.481 e. The molecule has 0 radical (unpaired) electrons. The average molecular weight is 306 g/mol. The first-order valence-corrected chi connectivity index (χ1v) is 6.47. The van der Waals surface area contributed by atoms with Crippen LogP contribution in [0.1, 0.15) is 30.1 Å². The molecule has 6 heteroatoms. The minimum Gasteiger partial charge on any atom is -0.481 e. The van der Waals surface area contributed by atoms with E-state index in [4.69, 9.17) is 5.11 Å². The Morgan fingerprint density at radius 1 is 1.62 bits per heavy atom. The summed E-state index contributed by atoms with van der Waals surface area (Å²) in [5.74, 6) is -1.13. The summed E-state index contributed by atoms with van der Waals surface area (Å²) < 4.78 is 0.879. The molecule has 1 unspecified atom stereocenters. The van der Waals surface area contributed by atoms with Crippen LogP contribution < -0.4 is 5.32 Å². The molecule has 2 N–H and O–H groups in total. The van der Waals surface area contributed by atoms with E-state index < -0.39 is 5.97 Å². The number of hydrogen-bond donors (Lipinski definition) is 2. The second-order valence-corrected chi connectivity index (χ2v) is 5.61. The van der Waals surface area contributed by atoms with Gasteiger partial charge in [0.1, 0.15) is 0 Å². The van der Waals surface area contributed by atoms with E-state index in [1.165, 1.54) is 11.3 Å². The van der Waals surface area contributed by atoms with E-state index in [1.54, 1.807) is 11.4 Å². The van der Waals surface area contributed by atoms with Gasteiger partial charge in [-0.1, -0.05) is 6.92 Å². The lowest BCUT2D eigenvalue weighted by Crippen LogP contribution is -2.35. The summed E-state index contributed by atoms with van der Waals surface area (Å²) in [5.41, 5.74) is 0.556. The van der Waals surface area contributed by atoms with Crippen LogP contribution in [0.2, 0.25) is 0 Å². The average Bonchev–Trinajstić information content (AvgIpc) is 2.63. The van der Waals surface area contributed by atoms with Gasteiger partial charge in [0.15, 0.2) is 0 Å². The van der Waals surface area contributed by atoms with Crippen LogP contribution in [0, 0.1) is 0 Å². The quantitative estimate of drug-likeness (QED) is 0.878. The first-order chi connectivity index (χ1) is 7.52. The van der Waals surface area contributed by atoms with E-state index in [0.717, 1.165) is 3.79 Å². The van der Waals surface area contributed by atoms with Crippen molar-refractivity contribution in [1.82, 2.24) is 5.32 Å². The predicted octanol–water partition coefficient (Wildman–Crippen LogP) is 2.49. The number of halogens is 1. The number of aliphatic carboxylic acids is 1. The molecule has 0 saturated heterocycles. The summed E-state index contributed by atoms with van der Waals surface area (Å²) in [5, 5.41) is 13.1. The van der Waals surface area contributed by atoms with Crippen molar-refractivity contribution < 1.29 is 14.7 Å². The molecule has 1 rings (SSSR count). The van der Waals surface area contributed by atoms with Gasteiger partial charge in [-0.05, 0) is 28.4 Å². The van der Waals surface area contributed by atoms with Gasteiger partial charge in [0.2, 0.25) is 0 Å². The van der Waals surface area contributed by atoms with Crippen LogP contribution in [0.15, 0.2) is 15.2 Å². The maximum absolute atomic E-state index is 11.7. The molecule has 0 spiro atoms. The molecule has 0 aromatic carbocycles. The Morgan fingerprint density at radius 3 is 2.75 bits per heavy atom. The molecule has 88 valence electrons. The molecule has 1 aromatic heterocycles. The van der Waals surface area contributed by atoms with E-state index in [-0.39, 0.29) is 18.4 Å². The predicted molar refractivity (Wildman–Crippen MR) is 65.8 cm³/mol. The van der Waals surface area contributed by atoms with Gasteiger partial charge in [-0.15, -0.1) is 11.3 Å². The highest BCUT2D eigenvalue weighted by molar-refractivity contribution is 9.11. The van der Waals surface area contributed by atoms with Crippen molar-refractivity contribution in [3.63, 3.8) is 0 Å². The monoisotopic (exact) mass is 305 g/mol. The van der Waals surface area contributed by atoms with Crippen LogP contribution in [0.4, 0.5) is 0 Å². The molecule has 1 atom stereocenters. The fourth-order valence-electron chi connectivity index (χ4n) is 1.21. The minimum atomic E-state index is -0.904. The van der Waals surface area contributed by atoms with Gasteiger partial charge >= 0.3 is 5.97 Å². The Hall–Kier alpha value is -0.880. The van der Waals surface area contributed by atoms with Gasteiger partial charge in [-0.25, -0.2) is 0 Å². The topological polar surface area (TPSA) is 66.4 Å². The maximum atomic E-state index is 11.7. The number of nitrogens with one attached hydrogen (secondary N) is 1. The van der Waals surface area contributed by atoms with Gasteiger partial charge in [0.05, 0.1) is 15.8 Å². The molecular formula is C10H12BrNO3S. The van der Waals surface area contributed by atoms with Crippen molar-refractivity contribution in [3.8, 4) is 0 Å². The summed E-state index contributed by atoms with van der Waals surface area (Å²) in [7, 11) is 0. The molecule has 0 aliphatic heterocycles. The summed E-state index contributed by atoms with van der Waals surface area (Å²) in [4.78, 5) is 22.2. The maximum Gasteiger partial charge on any atom is 0.305 e. The molecule has 16 heavy (non-hydrogen) atoms. The number of hydrogen-bond acceptors (Lipinski definition) is 3. The van der Waals surface area contributed by atoms with E-state index >= 15 is 0 Å². The molecule has 0 aliphatic rings. The second-order valence-electron chi connectivity index (χ2n) is 3.32. The van der Waals surface area contributed by atoms with Gasteiger partial charge in [0.25, 0.3) is 5.91 Å². The first-order valence-electron chi connectivity index (χ1n) is 4.79. The van der Waals surface area contributed by atoms with Crippen molar-refractivity contribution in [2.45, 2.75) is 25.8 Å². The number of carboxylic acids is 1. The molecule has 0 fully saturated rings. The lowest BCUT2D eigenvalue weighted by molar-refractivity contribution is -0.137. The lowest BCUT2D eigenvalue weighted by atomic mass is 10.1. The van der Waals surface area contributed by atoms with Gasteiger partial charge < -0.3 is 10.4 Å². The van der Waals surface area contributed by atoms with Crippen LogP contribution >= 0.6 is 27.3 Å². The fourth-order valence-corrected chi connectivity index (χ4v) is 2.34. The number of rotatable bonds is 5. The van der Waals surface area contributed by atoms with Crippen molar-refractivity contribution in [2.75, 3.05) is 0 Å². The molecule has 1 amide bonds. The van der Waals surface area contributed by atoms with E-state index in [1.807, 2.05) is 6.92 Å². The Kier molecular flexibility index (Phi) is 4.95. The van der Waals surface area contributed by atoms with E-state index in [2.05, 4.69) is 21.2 Å². The number of carboxylic acid groups (broad SMARTS) is 1. The molecule has 1 aromatic rings. The van der Waals surface area contributed by atoms with Crippen molar-refractivity contribution in [3.05, 3.63) is 20.8 Å². The normalized spacial score (nSPS) is 12.1. The molecule has 0 saturated carbocycles. The zero-order chi connectivity index (χ0) is 12.1. The third-order valence-electron chi connectivity index (χ3n) is 2.08. The van der Waals surface area contributed by atoms with Gasteiger partial charge in [0, 0.05) is 11.4 Å². The Bertz CT molecular complexity index is 391. The molecule has 0 aliphatic carbocycles. The van der Waals surface area contributed by atoms with Crippen LogP contribution in [-0.2, 0) is 4.79 Å². The van der Waals surface area contributed by atoms with Crippen LogP contribution in [0.5, 0.6) is 0 Å². The van der Waals surface area contributed by atoms with Crippen molar-refractivity contribution in [2.24, 2.45) is 0 Å². The number of thiophene rings is 1. The minimum absolute atomic E-state index is 0.0481. The van der Waals surface area contributed by atoms with Gasteiger partial charge in [-0.3, -0.25) is 9.59 Å². The molecular weight excluding hydrogens is 294 g/mol. The third kappa shape index (κ3) is 3.94. The standard InChI is InChI=1S/C10H12BrNO3S/c1-2-7(4-9(13)14)12-10(15)6-3-8(11)16-5-6/h3,5,7H,2,4H2,1H3,(H,12,15)(H,13,14). The number of carbonyl (C=O) groups is 2. The number of amides is 1. The van der Waals surface area contributed by atoms with Gasteiger partial charge in [-0.2, -0.15) is 0 Å². The summed E-state index contributed by atoms with van der Waals surface area (Å²) >= 11 is 4.69. The highest BCUT2D eigenvalue weighted by Gasteiger charge is 2.15. The second kappa shape index (κ2) is 6.00. The van der Waals surface area contributed by atoms with E-state index in [0.29, 0.717) is 12.0 Å². The lowest BCUT2D eigenvalue weighted by Gasteiger charge is -2.13.